The second kappa shape index (κ2) is 10.6. The van der Waals surface area contributed by atoms with Crippen LogP contribution in [0.3, 0.4) is 0 Å². The maximum atomic E-state index is 11.8. The lowest BCUT2D eigenvalue weighted by Crippen LogP contribution is -2.09. The van der Waals surface area contributed by atoms with Crippen molar-refractivity contribution in [3.63, 3.8) is 0 Å². The molecule has 8 heteroatoms. The standard InChI is InChI=1S/C23H23N3O4S/c1-2-3-6-21-24-14-19(12-18(23(28)29)13-20-5-4-11-31-20)26(21)15-16-7-9-17(10-8-16)22(27)25-30/h4-5,7-12,14H,2-3,6,13,15H2,1H3,(H,28,29). The predicted molar refractivity (Wildman–Crippen MR) is 120 cm³/mol. The van der Waals surface area contributed by atoms with E-state index in [1.807, 2.05) is 22.1 Å². The summed E-state index contributed by atoms with van der Waals surface area (Å²) in [5.41, 5.74) is 2.15. The first-order valence-electron chi connectivity index (χ1n) is 9.99. The Balaban J connectivity index is 1.93. The van der Waals surface area contributed by atoms with Gasteiger partial charge in [0.2, 0.25) is 0 Å². The predicted octanol–water partition coefficient (Wildman–Crippen LogP) is 4.95. The summed E-state index contributed by atoms with van der Waals surface area (Å²) in [6, 6.07) is 10.5. The number of hydrogen-bond donors (Lipinski definition) is 1. The maximum absolute atomic E-state index is 11.8. The van der Waals surface area contributed by atoms with Crippen molar-refractivity contribution in [1.82, 2.24) is 9.55 Å². The zero-order valence-corrected chi connectivity index (χ0v) is 18.0. The van der Waals surface area contributed by atoms with Gasteiger partial charge in [-0.25, -0.2) is 9.78 Å². The fourth-order valence-electron chi connectivity index (χ4n) is 3.22. The molecule has 0 radical (unpaired) electrons. The number of carbonyl (C=O) groups is 2. The molecule has 1 amide bonds. The van der Waals surface area contributed by atoms with Gasteiger partial charge in [-0.15, -0.1) is 16.2 Å². The Morgan fingerprint density at radius 1 is 1.23 bits per heavy atom. The molecule has 0 aliphatic rings. The molecule has 160 valence electrons. The lowest BCUT2D eigenvalue weighted by atomic mass is 10.1. The van der Waals surface area contributed by atoms with Crippen LogP contribution in [-0.4, -0.2) is 26.5 Å². The Morgan fingerprint density at radius 3 is 2.61 bits per heavy atom. The Hall–Kier alpha value is -3.39. The van der Waals surface area contributed by atoms with Gasteiger partial charge in [-0.05, 0) is 41.6 Å². The summed E-state index contributed by atoms with van der Waals surface area (Å²) >= 11 is 1.52. The van der Waals surface area contributed by atoms with Crippen LogP contribution in [0.4, 0.5) is 0 Å². The van der Waals surface area contributed by atoms with E-state index in [9.17, 15) is 19.6 Å². The molecule has 0 spiro atoms. The first-order chi connectivity index (χ1) is 15.0. The number of aliphatic carboxylic acids is 1. The van der Waals surface area contributed by atoms with Gasteiger partial charge >= 0.3 is 11.9 Å². The van der Waals surface area contributed by atoms with Crippen LogP contribution in [0.5, 0.6) is 0 Å². The first-order valence-corrected chi connectivity index (χ1v) is 10.9. The highest BCUT2D eigenvalue weighted by Crippen LogP contribution is 2.20. The number of carboxylic acids is 1. The van der Waals surface area contributed by atoms with Crippen LogP contribution >= 0.6 is 11.3 Å². The van der Waals surface area contributed by atoms with E-state index in [0.29, 0.717) is 18.5 Å². The van der Waals surface area contributed by atoms with Crippen LogP contribution in [0, 0.1) is 4.91 Å². The number of carboxylic acid groups (broad SMARTS) is 1. The summed E-state index contributed by atoms with van der Waals surface area (Å²) in [7, 11) is 0. The number of imidazole rings is 1. The molecule has 0 bridgehead atoms. The molecule has 7 nitrogen and oxygen atoms in total. The summed E-state index contributed by atoms with van der Waals surface area (Å²) in [6.45, 7) is 2.58. The Labute approximate surface area is 184 Å². The van der Waals surface area contributed by atoms with E-state index in [2.05, 4.69) is 17.1 Å². The van der Waals surface area contributed by atoms with E-state index in [4.69, 9.17) is 0 Å². The quantitative estimate of drug-likeness (QED) is 0.357. The van der Waals surface area contributed by atoms with Gasteiger partial charge in [0.1, 0.15) is 5.82 Å². The number of aromatic nitrogens is 2. The molecule has 3 aromatic rings. The van der Waals surface area contributed by atoms with Crippen molar-refractivity contribution in [2.45, 2.75) is 39.2 Å². The number of nitrogens with zero attached hydrogens (tertiary/aromatic N) is 3. The monoisotopic (exact) mass is 437 g/mol. The van der Waals surface area contributed by atoms with E-state index >= 15 is 0 Å². The molecule has 0 aliphatic carbocycles. The van der Waals surface area contributed by atoms with E-state index in [-0.39, 0.29) is 5.56 Å². The average Bonchev–Trinajstić information content (AvgIpc) is 3.42. The molecule has 0 saturated heterocycles. The zero-order valence-electron chi connectivity index (χ0n) is 17.2. The lowest BCUT2D eigenvalue weighted by molar-refractivity contribution is -0.132. The Morgan fingerprint density at radius 2 is 2.00 bits per heavy atom. The minimum absolute atomic E-state index is 0.236. The van der Waals surface area contributed by atoms with E-state index in [1.54, 1.807) is 36.5 Å². The summed E-state index contributed by atoms with van der Waals surface area (Å²) in [5, 5.41) is 14.1. The van der Waals surface area contributed by atoms with Gasteiger partial charge in [-0.3, -0.25) is 4.79 Å². The average molecular weight is 438 g/mol. The van der Waals surface area contributed by atoms with Crippen molar-refractivity contribution >= 4 is 29.3 Å². The fraction of sp³-hybridized carbons (Fsp3) is 0.261. The number of thiophene rings is 1. The highest BCUT2D eigenvalue weighted by Gasteiger charge is 2.14. The Kier molecular flexibility index (Phi) is 7.61. The van der Waals surface area contributed by atoms with E-state index in [1.165, 1.54) is 11.3 Å². The summed E-state index contributed by atoms with van der Waals surface area (Å²) in [5.74, 6) is -0.884. The second-order valence-electron chi connectivity index (χ2n) is 7.11. The summed E-state index contributed by atoms with van der Waals surface area (Å²) < 4.78 is 2.00. The summed E-state index contributed by atoms with van der Waals surface area (Å²) in [6.07, 6.45) is 6.50. The molecule has 1 aromatic carbocycles. The van der Waals surface area contributed by atoms with E-state index in [0.717, 1.165) is 41.2 Å². The number of hydrogen-bond acceptors (Lipinski definition) is 5. The highest BCUT2D eigenvalue weighted by atomic mass is 32.1. The SMILES string of the molecule is CCCCc1ncc(C=C(Cc2cccs2)C(=O)O)n1Cc1ccc(C(=O)N=O)cc1. The van der Waals surface area contributed by atoms with Gasteiger partial charge in [0.15, 0.2) is 0 Å². The molecule has 31 heavy (non-hydrogen) atoms. The van der Waals surface area contributed by atoms with Crippen molar-refractivity contribution in [3.8, 4) is 0 Å². The van der Waals surface area contributed by atoms with Crippen LogP contribution in [0.15, 0.2) is 58.7 Å². The molecule has 1 N–H and O–H groups in total. The van der Waals surface area contributed by atoms with E-state index < -0.39 is 11.9 Å². The third kappa shape index (κ3) is 5.82. The minimum Gasteiger partial charge on any atom is -0.478 e. The van der Waals surface area contributed by atoms with Crippen LogP contribution in [0.2, 0.25) is 0 Å². The molecule has 0 aliphatic heterocycles. The molecule has 0 atom stereocenters. The van der Waals surface area contributed by atoms with Gasteiger partial charge in [0, 0.05) is 40.6 Å². The smallest absolute Gasteiger partial charge is 0.332 e. The van der Waals surface area contributed by atoms with Crippen molar-refractivity contribution < 1.29 is 14.7 Å². The number of rotatable bonds is 10. The van der Waals surface area contributed by atoms with Crippen LogP contribution in [0.1, 0.15) is 52.1 Å². The molecule has 3 rings (SSSR count). The normalized spacial score (nSPS) is 11.5. The Bertz CT molecular complexity index is 1080. The van der Waals surface area contributed by atoms with Gasteiger partial charge in [0.25, 0.3) is 0 Å². The first kappa shape index (κ1) is 22.3. The fourth-order valence-corrected chi connectivity index (χ4v) is 3.94. The third-order valence-electron chi connectivity index (χ3n) is 4.89. The van der Waals surface area contributed by atoms with Gasteiger partial charge in [-0.1, -0.05) is 31.5 Å². The zero-order chi connectivity index (χ0) is 22.2. The molecule has 0 saturated carbocycles. The van der Waals surface area contributed by atoms with Crippen LogP contribution in [0.25, 0.3) is 6.08 Å². The van der Waals surface area contributed by atoms with Gasteiger partial charge in [-0.2, -0.15) is 0 Å². The van der Waals surface area contributed by atoms with Crippen molar-refractivity contribution in [3.05, 3.63) is 86.0 Å². The second-order valence-corrected chi connectivity index (χ2v) is 8.15. The number of unbranched alkanes of at least 4 members (excludes halogenated alkanes) is 1. The van der Waals surface area contributed by atoms with Crippen molar-refractivity contribution in [2.24, 2.45) is 5.18 Å². The van der Waals surface area contributed by atoms with Crippen LogP contribution < -0.4 is 0 Å². The van der Waals surface area contributed by atoms with Crippen LogP contribution in [-0.2, 0) is 24.2 Å². The van der Waals surface area contributed by atoms with Gasteiger partial charge < -0.3 is 9.67 Å². The van der Waals surface area contributed by atoms with Crippen molar-refractivity contribution in [1.29, 1.82) is 0 Å². The molecular formula is C23H23N3O4S. The number of aryl methyl sites for hydroxylation is 1. The number of amides is 1. The minimum atomic E-state index is -0.958. The highest BCUT2D eigenvalue weighted by molar-refractivity contribution is 7.09. The molecule has 0 unspecified atom stereocenters. The lowest BCUT2D eigenvalue weighted by Gasteiger charge is -2.12. The van der Waals surface area contributed by atoms with Crippen molar-refractivity contribution in [2.75, 3.05) is 0 Å². The largest absolute Gasteiger partial charge is 0.478 e. The number of nitroso groups, excluding NO2 is 1. The molecular weight excluding hydrogens is 414 g/mol. The third-order valence-corrected chi connectivity index (χ3v) is 5.77. The topological polar surface area (TPSA) is 102 Å². The maximum Gasteiger partial charge on any atom is 0.332 e. The number of carbonyl (C=O) groups excluding carboxylic acids is 1. The molecule has 0 fully saturated rings. The number of benzene rings is 1. The molecule has 2 aromatic heterocycles. The van der Waals surface area contributed by atoms with Gasteiger partial charge in [0.05, 0.1) is 11.9 Å². The summed E-state index contributed by atoms with van der Waals surface area (Å²) in [4.78, 5) is 39.2. The molecule has 2 heterocycles.